The minimum Gasteiger partial charge on any atom is -0.325 e. The Morgan fingerprint density at radius 1 is 1.24 bits per heavy atom. The summed E-state index contributed by atoms with van der Waals surface area (Å²) in [5.41, 5.74) is 2.13. The van der Waals surface area contributed by atoms with Gasteiger partial charge in [0, 0.05) is 11.3 Å². The summed E-state index contributed by atoms with van der Waals surface area (Å²) in [5.74, 6) is 0.136. The molecular formula is C22H28FN3O2S. The highest BCUT2D eigenvalue weighted by Gasteiger charge is 2.19. The highest BCUT2D eigenvalue weighted by atomic mass is 32.2. The zero-order chi connectivity index (χ0) is 20.6. The highest BCUT2D eigenvalue weighted by molar-refractivity contribution is 7.99. The van der Waals surface area contributed by atoms with Gasteiger partial charge in [-0.1, -0.05) is 57.2 Å². The second-order valence-corrected chi connectivity index (χ2v) is 8.56. The molecule has 3 rings (SSSR count). The van der Waals surface area contributed by atoms with Crippen LogP contribution < -0.4 is 10.9 Å². The molecule has 7 heteroatoms. The van der Waals surface area contributed by atoms with Crippen LogP contribution in [0.5, 0.6) is 0 Å². The number of nitrogens with zero attached hydrogens (tertiary/aromatic N) is 1. The molecule has 1 heterocycles. The standard InChI is InChI=1S/C22H28FN3O2S/c1-2-6-18-19(13-15-7-4-3-5-8-15)25-22(26-21(18)28)29-14-20(27)24-17-11-9-16(23)10-12-17/h9-12,15H,2-8,13-14H2,1H3,(H,24,27)(H,25,26,28). The molecule has 0 saturated heterocycles. The molecule has 1 aromatic carbocycles. The molecule has 0 radical (unpaired) electrons. The van der Waals surface area contributed by atoms with Crippen LogP contribution in [0.15, 0.2) is 34.2 Å². The van der Waals surface area contributed by atoms with Crippen molar-refractivity contribution in [1.82, 2.24) is 9.97 Å². The Hall–Kier alpha value is -2.15. The SMILES string of the molecule is CCCc1c(CC2CCCCC2)nc(SCC(=O)Nc2ccc(F)cc2)[nH]c1=O. The van der Waals surface area contributed by atoms with Crippen LogP contribution in [0.4, 0.5) is 10.1 Å². The van der Waals surface area contributed by atoms with Gasteiger partial charge in [-0.2, -0.15) is 0 Å². The van der Waals surface area contributed by atoms with Crippen molar-refractivity contribution in [3.05, 3.63) is 51.7 Å². The number of hydrogen-bond donors (Lipinski definition) is 2. The Balaban J connectivity index is 1.67. The van der Waals surface area contributed by atoms with Crippen LogP contribution in [0, 0.1) is 11.7 Å². The molecule has 2 N–H and O–H groups in total. The molecular weight excluding hydrogens is 389 g/mol. The minimum absolute atomic E-state index is 0.0888. The first-order chi connectivity index (χ1) is 14.0. The van der Waals surface area contributed by atoms with Gasteiger partial charge in [0.15, 0.2) is 5.16 Å². The molecule has 0 aliphatic heterocycles. The van der Waals surface area contributed by atoms with Crippen molar-refractivity contribution in [3.8, 4) is 0 Å². The van der Waals surface area contributed by atoms with Gasteiger partial charge in [0.05, 0.1) is 11.4 Å². The van der Waals surface area contributed by atoms with E-state index in [1.165, 1.54) is 68.1 Å². The van der Waals surface area contributed by atoms with Crippen molar-refractivity contribution in [2.24, 2.45) is 5.92 Å². The summed E-state index contributed by atoms with van der Waals surface area (Å²) in [6, 6.07) is 5.62. The van der Waals surface area contributed by atoms with Crippen molar-refractivity contribution in [2.45, 2.75) is 63.4 Å². The first-order valence-electron chi connectivity index (χ1n) is 10.4. The second kappa shape index (κ2) is 10.6. The number of benzene rings is 1. The number of thioether (sulfide) groups is 1. The number of carbonyl (C=O) groups excluding carboxylic acids is 1. The molecule has 1 saturated carbocycles. The molecule has 29 heavy (non-hydrogen) atoms. The lowest BCUT2D eigenvalue weighted by Gasteiger charge is -2.22. The molecule has 1 fully saturated rings. The molecule has 0 atom stereocenters. The van der Waals surface area contributed by atoms with Gasteiger partial charge in [-0.05, 0) is 43.0 Å². The van der Waals surface area contributed by atoms with Gasteiger partial charge >= 0.3 is 0 Å². The molecule has 1 aliphatic carbocycles. The van der Waals surface area contributed by atoms with E-state index in [4.69, 9.17) is 4.98 Å². The van der Waals surface area contributed by atoms with E-state index in [-0.39, 0.29) is 23.0 Å². The quantitative estimate of drug-likeness (QED) is 0.482. The molecule has 0 unspecified atom stereocenters. The van der Waals surface area contributed by atoms with E-state index in [9.17, 15) is 14.0 Å². The van der Waals surface area contributed by atoms with Crippen LogP contribution in [0.25, 0.3) is 0 Å². The van der Waals surface area contributed by atoms with Gasteiger partial charge in [-0.15, -0.1) is 0 Å². The van der Waals surface area contributed by atoms with Gasteiger partial charge in [0.2, 0.25) is 5.91 Å². The Labute approximate surface area is 174 Å². The van der Waals surface area contributed by atoms with E-state index in [1.54, 1.807) is 0 Å². The molecule has 5 nitrogen and oxygen atoms in total. The fraction of sp³-hybridized carbons (Fsp3) is 0.500. The van der Waals surface area contributed by atoms with Crippen molar-refractivity contribution in [3.63, 3.8) is 0 Å². The minimum atomic E-state index is -0.350. The fourth-order valence-electron chi connectivity index (χ4n) is 3.80. The third-order valence-electron chi connectivity index (χ3n) is 5.25. The van der Waals surface area contributed by atoms with Crippen LogP contribution in [0.2, 0.25) is 0 Å². The normalized spacial score (nSPS) is 14.7. The number of aromatic amines is 1. The number of nitrogens with one attached hydrogen (secondary N) is 2. The molecule has 156 valence electrons. The van der Waals surface area contributed by atoms with Crippen LogP contribution in [-0.2, 0) is 17.6 Å². The first kappa shape index (κ1) is 21.6. The fourth-order valence-corrected chi connectivity index (χ4v) is 4.48. The number of aromatic nitrogens is 2. The number of carbonyl (C=O) groups is 1. The predicted molar refractivity (Wildman–Crippen MR) is 115 cm³/mol. The van der Waals surface area contributed by atoms with E-state index in [0.717, 1.165) is 30.5 Å². The van der Waals surface area contributed by atoms with E-state index in [0.29, 0.717) is 16.8 Å². The highest BCUT2D eigenvalue weighted by Crippen LogP contribution is 2.27. The largest absolute Gasteiger partial charge is 0.325 e. The summed E-state index contributed by atoms with van der Waals surface area (Å²) in [7, 11) is 0. The maximum absolute atomic E-state index is 13.0. The van der Waals surface area contributed by atoms with Gasteiger partial charge < -0.3 is 10.3 Å². The number of anilines is 1. The predicted octanol–water partition coefficient (Wildman–Crippen LogP) is 4.72. The average molecular weight is 418 g/mol. The summed E-state index contributed by atoms with van der Waals surface area (Å²) in [6.07, 6.45) is 8.66. The summed E-state index contributed by atoms with van der Waals surface area (Å²) in [5, 5.41) is 3.20. The van der Waals surface area contributed by atoms with Crippen molar-refractivity contribution in [1.29, 1.82) is 0 Å². The van der Waals surface area contributed by atoms with E-state index in [1.807, 2.05) is 0 Å². The Kier molecular flexibility index (Phi) is 7.86. The number of H-pyrrole nitrogens is 1. The van der Waals surface area contributed by atoms with Crippen molar-refractivity contribution >= 4 is 23.4 Å². The Morgan fingerprint density at radius 3 is 2.66 bits per heavy atom. The number of amides is 1. The summed E-state index contributed by atoms with van der Waals surface area (Å²) in [6.45, 7) is 2.06. The summed E-state index contributed by atoms with van der Waals surface area (Å²) in [4.78, 5) is 32.3. The first-order valence-corrected chi connectivity index (χ1v) is 11.3. The van der Waals surface area contributed by atoms with E-state index < -0.39 is 0 Å². The van der Waals surface area contributed by atoms with E-state index >= 15 is 0 Å². The number of rotatable bonds is 8. The molecule has 1 aliphatic rings. The lowest BCUT2D eigenvalue weighted by atomic mass is 9.85. The summed E-state index contributed by atoms with van der Waals surface area (Å²) >= 11 is 1.22. The molecule has 0 bridgehead atoms. The topological polar surface area (TPSA) is 74.8 Å². The van der Waals surface area contributed by atoms with Crippen molar-refractivity contribution < 1.29 is 9.18 Å². The maximum Gasteiger partial charge on any atom is 0.254 e. The number of halogens is 1. The molecule has 0 spiro atoms. The smallest absolute Gasteiger partial charge is 0.254 e. The van der Waals surface area contributed by atoms with Crippen LogP contribution in [0.1, 0.15) is 56.7 Å². The van der Waals surface area contributed by atoms with Gasteiger partial charge in [0.25, 0.3) is 5.56 Å². The number of hydrogen-bond acceptors (Lipinski definition) is 4. The Bertz CT molecular complexity index is 877. The second-order valence-electron chi connectivity index (χ2n) is 7.60. The van der Waals surface area contributed by atoms with Gasteiger partial charge in [-0.25, -0.2) is 9.37 Å². The summed E-state index contributed by atoms with van der Waals surface area (Å²) < 4.78 is 13.0. The lowest BCUT2D eigenvalue weighted by molar-refractivity contribution is -0.113. The van der Waals surface area contributed by atoms with Gasteiger partial charge in [0.1, 0.15) is 5.82 Å². The zero-order valence-corrected chi connectivity index (χ0v) is 17.6. The zero-order valence-electron chi connectivity index (χ0n) is 16.8. The Morgan fingerprint density at radius 2 is 1.97 bits per heavy atom. The van der Waals surface area contributed by atoms with Gasteiger partial charge in [-0.3, -0.25) is 9.59 Å². The van der Waals surface area contributed by atoms with E-state index in [2.05, 4.69) is 17.2 Å². The van der Waals surface area contributed by atoms with Crippen LogP contribution >= 0.6 is 11.8 Å². The molecule has 2 aromatic rings. The average Bonchev–Trinajstić information content (AvgIpc) is 2.71. The lowest BCUT2D eigenvalue weighted by Crippen LogP contribution is -2.22. The van der Waals surface area contributed by atoms with Crippen LogP contribution in [0.3, 0.4) is 0 Å². The van der Waals surface area contributed by atoms with Crippen LogP contribution in [-0.4, -0.2) is 21.6 Å². The maximum atomic E-state index is 13.0. The third-order valence-corrected chi connectivity index (χ3v) is 6.13. The third kappa shape index (κ3) is 6.42. The monoisotopic (exact) mass is 417 g/mol. The molecule has 1 amide bonds. The molecule has 1 aromatic heterocycles. The van der Waals surface area contributed by atoms with Crippen molar-refractivity contribution in [2.75, 3.05) is 11.1 Å².